The molecule has 12 atom stereocenters. The molecule has 3 aliphatic rings. The van der Waals surface area contributed by atoms with Crippen LogP contribution in [0.25, 0.3) is 0 Å². The topological polar surface area (TPSA) is 386 Å². The number of hydrogen-bond acceptors (Lipinski definition) is 21. The largest absolute Gasteiger partial charge is 0.431 e. The monoisotopic (exact) mass is 1630 g/mol. The molecule has 6 rings (SSSR count). The van der Waals surface area contributed by atoms with E-state index in [1.54, 1.807) is 55.6 Å². The molecule has 115 heavy (non-hydrogen) atoms. The highest BCUT2D eigenvalue weighted by Gasteiger charge is 2.45. The second kappa shape index (κ2) is 48.8. The predicted octanol–water partition coefficient (Wildman–Crippen LogP) is 7.60. The van der Waals surface area contributed by atoms with E-state index >= 15 is 9.59 Å². The highest BCUT2D eigenvalue weighted by molar-refractivity contribution is 7.09. The zero-order valence-electron chi connectivity index (χ0n) is 71.1. The Kier molecular flexibility index (Phi) is 40.4. The minimum absolute atomic E-state index is 0.00439. The van der Waals surface area contributed by atoms with Crippen molar-refractivity contribution in [1.29, 1.82) is 0 Å². The van der Waals surface area contributed by atoms with E-state index in [0.29, 0.717) is 58.4 Å². The third-order valence-electron chi connectivity index (χ3n) is 22.4. The standard InChI is InChI=1S/C83H126N12O18S.CH4/c1-14-55(8)76(68(110-13)50-73(104)94-35-19-23-64(94)63(51-96)56(9)65(97)48-60(79-86-34-45-114-79)46-57-20-16-15-17-21-57)91(11)80(106)62(52(2)3)49-67(99)75(54(6)7)92(12)83(109)113-77(81(107)93-39-37-90(10)38-40-93)58-24-26-61(27-25-58)88-78(105)59(22-18-32-87-82(84)108)47-66(98)74(53(4)5)89-70(101)31-41-111-43-44-112-42-33-85-69(100)30-36-95-71(102)28-29-72(95)103;/h15-17,20-21,24-27,34,45,52-56,59-60,62-64,68,74-77,96H,14,18-19,22-23,28-33,35-44,46-51H2,1-13H3,(H,85,100)(H,88,105)(H,89,101)(H3,84,87,108);1H4/t55-,56+,59+,60+,62-,63+,64-,68+,74-,75-,76-,77?;/m0./s1/i;1T. The van der Waals surface area contributed by atoms with Crippen molar-refractivity contribution in [2.24, 2.45) is 53.1 Å². The number of primary amides is 1. The van der Waals surface area contributed by atoms with E-state index in [-0.39, 0.29) is 187 Å². The van der Waals surface area contributed by atoms with Crippen molar-refractivity contribution in [2.45, 2.75) is 202 Å². The SMILES string of the molecule is CC[C@H](C)[C@@H]([C@@H](CC(=O)N1CCC[C@H]1[C@H](CO)[C@@H](C)C(=O)C[C@@H](Cc1ccccc1)c1nccs1)OC)N(C)C(=O)[C@@H](CC(=O)[C@H](C(C)C)N(C)C(=O)OC(C(=O)N1CCN(C)CC1)c1ccc(NC(=O)[C@H](CCCNC(N)=O)CC(=O)[C@@H](NC(=O)CCOCCOCCNC(=O)CCN2C(=O)CCC2=O)C(C)C)cc1)C(C)C.[3H]C. The van der Waals surface area contributed by atoms with Gasteiger partial charge in [0.2, 0.25) is 47.5 Å². The Balaban J connectivity index is 0.0000119. The van der Waals surface area contributed by atoms with Crippen molar-refractivity contribution in [1.82, 2.24) is 50.3 Å². The minimum atomic E-state index is -1.53. The molecular weight excluding hydrogens is 1500 g/mol. The fourth-order valence-corrected chi connectivity index (χ4v) is 16.2. The van der Waals surface area contributed by atoms with Gasteiger partial charge in [0.25, 0.3) is 5.91 Å². The Hall–Kier alpha value is -8.62. The van der Waals surface area contributed by atoms with Crippen LogP contribution in [-0.4, -0.2) is 260 Å². The van der Waals surface area contributed by atoms with E-state index in [1.807, 2.05) is 77.4 Å². The lowest BCUT2D eigenvalue weighted by atomic mass is 9.80. The lowest BCUT2D eigenvalue weighted by Crippen LogP contribution is -2.54. The number of nitrogens with one attached hydrogen (secondary N) is 4. The van der Waals surface area contributed by atoms with Crippen LogP contribution in [0, 0.1) is 47.3 Å². The molecule has 4 heterocycles. The van der Waals surface area contributed by atoms with Crippen molar-refractivity contribution in [3.63, 3.8) is 0 Å². The van der Waals surface area contributed by atoms with Crippen LogP contribution < -0.4 is 27.0 Å². The summed E-state index contributed by atoms with van der Waals surface area (Å²) in [5.41, 5.74) is 6.93. The predicted molar refractivity (Wildman–Crippen MR) is 437 cm³/mol. The van der Waals surface area contributed by atoms with Crippen molar-refractivity contribution in [2.75, 3.05) is 119 Å². The molecule has 0 radical (unpaired) electrons. The molecule has 0 bridgehead atoms. The quantitative estimate of drug-likeness (QED) is 0.0234. The van der Waals surface area contributed by atoms with E-state index in [2.05, 4.69) is 31.2 Å². The van der Waals surface area contributed by atoms with Crippen LogP contribution in [0.15, 0.2) is 66.2 Å². The molecule has 1 aromatic heterocycles. The number of aliphatic hydroxyl groups excluding tert-OH is 1. The smallest absolute Gasteiger partial charge is 0.411 e. The number of Topliss-reactive ketones (excluding diaryl/α,β-unsaturated/α-hetero) is 3. The van der Waals surface area contributed by atoms with Gasteiger partial charge in [0, 0.05) is 185 Å². The maximum atomic E-state index is 15.2. The van der Waals surface area contributed by atoms with Crippen molar-refractivity contribution in [3.8, 4) is 0 Å². The summed E-state index contributed by atoms with van der Waals surface area (Å²) in [4.78, 5) is 192. The molecular formula is C84H130N12O18S. The number of amides is 11. The number of nitrogens with two attached hydrogens (primary N) is 1. The number of likely N-dealkylation sites (N-methyl/N-ethyl adjacent to an activating group) is 3. The molecule has 0 aliphatic carbocycles. The van der Waals surface area contributed by atoms with E-state index in [0.717, 1.165) is 20.4 Å². The Morgan fingerprint density at radius 2 is 1.41 bits per heavy atom. The molecule has 1 unspecified atom stereocenters. The summed E-state index contributed by atoms with van der Waals surface area (Å²) in [6, 6.07) is 12.1. The van der Waals surface area contributed by atoms with Crippen LogP contribution in [0.2, 0.25) is 0 Å². The first kappa shape index (κ1) is 95.2. The van der Waals surface area contributed by atoms with E-state index < -0.39 is 107 Å². The molecule has 3 aromatic rings. The van der Waals surface area contributed by atoms with Crippen molar-refractivity contribution in [3.05, 3.63) is 82.3 Å². The Morgan fingerprint density at radius 1 is 0.748 bits per heavy atom. The summed E-state index contributed by atoms with van der Waals surface area (Å²) < 4.78 is 29.2. The normalized spacial score (nSPS) is 17.5. The van der Waals surface area contributed by atoms with Gasteiger partial charge in [-0.2, -0.15) is 0 Å². The van der Waals surface area contributed by atoms with Gasteiger partial charge in [0.15, 0.2) is 11.6 Å². The van der Waals surface area contributed by atoms with Gasteiger partial charge in [-0.1, -0.05) is 119 Å². The third kappa shape index (κ3) is 29.5. The van der Waals surface area contributed by atoms with Crippen LogP contribution in [0.5, 0.6) is 0 Å². The first-order valence-electron chi connectivity index (χ1n) is 41.4. The second-order valence-electron chi connectivity index (χ2n) is 31.6. The number of nitrogens with zero attached hydrogens (tertiary/aromatic N) is 7. The highest BCUT2D eigenvalue weighted by Crippen LogP contribution is 2.36. The van der Waals surface area contributed by atoms with Gasteiger partial charge in [-0.25, -0.2) is 14.6 Å². The molecule has 0 spiro atoms. The van der Waals surface area contributed by atoms with Gasteiger partial charge in [0.05, 0.1) is 62.1 Å². The zero-order valence-corrected chi connectivity index (χ0v) is 70.9. The van der Waals surface area contributed by atoms with E-state index in [4.69, 9.17) is 26.1 Å². The van der Waals surface area contributed by atoms with Gasteiger partial charge in [0.1, 0.15) is 5.78 Å². The molecule has 0 saturated carbocycles. The Labute approximate surface area is 684 Å². The fourth-order valence-electron chi connectivity index (χ4n) is 15.5. The summed E-state index contributed by atoms with van der Waals surface area (Å²) in [5.74, 6) is -8.47. The fraction of sp³-hybridized carbons (Fsp3) is 0.667. The number of ether oxygens (including phenoxy) is 4. The highest BCUT2D eigenvalue weighted by atomic mass is 32.1. The maximum Gasteiger partial charge on any atom is 0.411 e. The molecule has 31 heteroatoms. The number of benzene rings is 2. The number of ketones is 3. The van der Waals surface area contributed by atoms with Crippen LogP contribution >= 0.6 is 11.3 Å². The number of carbonyl (C=O) groups excluding carboxylic acids is 13. The number of carbonyl (C=O) groups is 13. The number of anilines is 1. The average Bonchev–Trinajstić information content (AvgIpc) is 1.01. The number of hydrogen-bond donors (Lipinski definition) is 6. The first-order chi connectivity index (χ1) is 55.3. The Morgan fingerprint density at radius 3 is 2.00 bits per heavy atom. The summed E-state index contributed by atoms with van der Waals surface area (Å²) in [6.45, 7) is 19.2. The molecule has 7 N–H and O–H groups in total. The molecule has 3 fully saturated rings. The van der Waals surface area contributed by atoms with Gasteiger partial charge in [-0.3, -0.25) is 57.6 Å². The Bertz CT molecular complexity index is 3630. The summed E-state index contributed by atoms with van der Waals surface area (Å²) >= 11 is 1.51. The molecule has 2 aromatic carbocycles. The van der Waals surface area contributed by atoms with Gasteiger partial charge in [-0.15, -0.1) is 11.3 Å². The number of aromatic nitrogens is 1. The number of aliphatic hydroxyl groups is 1. The molecule has 30 nitrogen and oxygen atoms in total. The van der Waals surface area contributed by atoms with Crippen LogP contribution in [-0.2, 0) is 78.1 Å². The van der Waals surface area contributed by atoms with Crippen LogP contribution in [0.1, 0.15) is 183 Å². The van der Waals surface area contributed by atoms with Crippen molar-refractivity contribution < 1.29 is 87.8 Å². The molecule has 11 amide bonds. The third-order valence-corrected chi connectivity index (χ3v) is 23.3. The number of imide groups is 1. The van der Waals surface area contributed by atoms with Crippen molar-refractivity contribution >= 4 is 93.8 Å². The number of piperazine rings is 1. The molecule has 3 aliphatic heterocycles. The zero-order chi connectivity index (χ0) is 85.9. The first-order valence-corrected chi connectivity index (χ1v) is 41.3. The molecule has 640 valence electrons. The average molecular weight is 1630 g/mol. The van der Waals surface area contributed by atoms with Crippen LogP contribution in [0.3, 0.4) is 0 Å². The van der Waals surface area contributed by atoms with E-state index in [1.165, 1.54) is 57.2 Å². The summed E-state index contributed by atoms with van der Waals surface area (Å²) in [6.07, 6.45) is 1.08. The van der Waals surface area contributed by atoms with E-state index in [9.17, 15) is 57.8 Å². The number of methoxy groups -OCH3 is 1. The van der Waals surface area contributed by atoms with Crippen LogP contribution in [0.4, 0.5) is 15.3 Å². The van der Waals surface area contributed by atoms with Gasteiger partial charge >= 0.3 is 12.1 Å². The second-order valence-corrected chi connectivity index (χ2v) is 32.5. The lowest BCUT2D eigenvalue weighted by molar-refractivity contribution is -0.148. The number of rotatable bonds is 49. The number of likely N-dealkylation sites (tertiary alicyclic amines) is 2. The minimum Gasteiger partial charge on any atom is -0.431 e. The van der Waals surface area contributed by atoms with Gasteiger partial charge in [-0.05, 0) is 80.5 Å². The number of urea groups is 1. The maximum absolute atomic E-state index is 15.2. The summed E-state index contributed by atoms with van der Waals surface area (Å²) in [7, 11) is 7.77. The number of thiazole rings is 1. The lowest BCUT2D eigenvalue weighted by Gasteiger charge is -2.41. The summed E-state index contributed by atoms with van der Waals surface area (Å²) in [5, 5.41) is 24.6. The molecule has 3 saturated heterocycles. The van der Waals surface area contributed by atoms with Gasteiger partial charge < -0.3 is 75.6 Å².